The molecular formula is C24H24F2N2O5. The van der Waals surface area contributed by atoms with Crippen LogP contribution in [0.3, 0.4) is 0 Å². The molecule has 1 aromatic heterocycles. The highest BCUT2D eigenvalue weighted by atomic mass is 19.1. The van der Waals surface area contributed by atoms with Crippen LogP contribution in [0.15, 0.2) is 45.6 Å². The van der Waals surface area contributed by atoms with Gasteiger partial charge in [0.2, 0.25) is 0 Å². The van der Waals surface area contributed by atoms with E-state index in [1.807, 2.05) is 4.90 Å². The lowest BCUT2D eigenvalue weighted by Gasteiger charge is -2.27. The van der Waals surface area contributed by atoms with Crippen molar-refractivity contribution in [3.8, 4) is 0 Å². The summed E-state index contributed by atoms with van der Waals surface area (Å²) >= 11 is 0. The molecule has 2 aromatic carbocycles. The van der Waals surface area contributed by atoms with Crippen molar-refractivity contribution in [1.29, 1.82) is 0 Å². The first-order valence-electron chi connectivity index (χ1n) is 10.6. The summed E-state index contributed by atoms with van der Waals surface area (Å²) in [4.78, 5) is 26.8. The first-order valence-corrected chi connectivity index (χ1v) is 10.6. The highest BCUT2D eigenvalue weighted by Gasteiger charge is 2.21. The summed E-state index contributed by atoms with van der Waals surface area (Å²) in [7, 11) is 1.29. The summed E-state index contributed by atoms with van der Waals surface area (Å²) in [5.74, 6) is -1.46. The number of morpholine rings is 1. The first kappa shape index (κ1) is 22.7. The van der Waals surface area contributed by atoms with Gasteiger partial charge >= 0.3 is 5.97 Å². The zero-order valence-corrected chi connectivity index (χ0v) is 18.3. The van der Waals surface area contributed by atoms with Gasteiger partial charge in [0.1, 0.15) is 17.2 Å². The van der Waals surface area contributed by atoms with Crippen LogP contribution >= 0.6 is 0 Å². The third kappa shape index (κ3) is 5.14. The van der Waals surface area contributed by atoms with Crippen molar-refractivity contribution in [1.82, 2.24) is 0 Å². The van der Waals surface area contributed by atoms with Crippen molar-refractivity contribution in [2.24, 2.45) is 0 Å². The van der Waals surface area contributed by atoms with Gasteiger partial charge in [-0.3, -0.25) is 9.59 Å². The highest BCUT2D eigenvalue weighted by molar-refractivity contribution is 5.84. The van der Waals surface area contributed by atoms with E-state index in [1.54, 1.807) is 19.1 Å². The third-order valence-corrected chi connectivity index (χ3v) is 5.52. The molecule has 0 aliphatic carbocycles. The molecule has 1 aliphatic rings. The molecule has 0 saturated carbocycles. The number of hydrogen-bond acceptors (Lipinski definition) is 7. The maximum Gasteiger partial charge on any atom is 0.309 e. The van der Waals surface area contributed by atoms with Gasteiger partial charge in [-0.15, -0.1) is 0 Å². The first-order chi connectivity index (χ1) is 15.8. The minimum Gasteiger partial charge on any atom is -0.469 e. The number of nitrogens with zero attached hydrogens (tertiary/aromatic N) is 1. The van der Waals surface area contributed by atoms with Gasteiger partial charge < -0.3 is 24.1 Å². The second-order valence-corrected chi connectivity index (χ2v) is 7.89. The zero-order valence-electron chi connectivity index (χ0n) is 18.3. The van der Waals surface area contributed by atoms with E-state index in [2.05, 4.69) is 5.32 Å². The molecule has 2 heterocycles. The molecule has 0 bridgehead atoms. The number of carbonyl (C=O) groups is 1. The van der Waals surface area contributed by atoms with Gasteiger partial charge in [-0.2, -0.15) is 0 Å². The minimum absolute atomic E-state index is 0.0363. The lowest BCUT2D eigenvalue weighted by atomic mass is 9.99. The van der Waals surface area contributed by atoms with Crippen LogP contribution in [0.5, 0.6) is 0 Å². The smallest absolute Gasteiger partial charge is 0.309 e. The van der Waals surface area contributed by atoms with Crippen LogP contribution in [0.1, 0.15) is 24.1 Å². The monoisotopic (exact) mass is 458 g/mol. The summed E-state index contributed by atoms with van der Waals surface area (Å²) in [6.07, 6.45) is -0.0363. The number of hydrogen-bond donors (Lipinski definition) is 1. The van der Waals surface area contributed by atoms with Crippen molar-refractivity contribution in [2.75, 3.05) is 43.6 Å². The number of esters is 1. The lowest BCUT2D eigenvalue weighted by molar-refractivity contribution is -0.139. The number of benzene rings is 2. The molecule has 1 saturated heterocycles. The van der Waals surface area contributed by atoms with Gasteiger partial charge in [-0.25, -0.2) is 8.78 Å². The van der Waals surface area contributed by atoms with Crippen LogP contribution in [0.2, 0.25) is 0 Å². The molecule has 1 fully saturated rings. The summed E-state index contributed by atoms with van der Waals surface area (Å²) in [5.41, 5.74) is 1.46. The quantitative estimate of drug-likeness (QED) is 0.563. The van der Waals surface area contributed by atoms with E-state index in [0.717, 1.165) is 6.07 Å². The Balaban J connectivity index is 1.81. The Labute approximate surface area is 188 Å². The Morgan fingerprint density at radius 1 is 1.12 bits per heavy atom. The fourth-order valence-electron chi connectivity index (χ4n) is 3.90. The molecule has 1 N–H and O–H groups in total. The maximum absolute atomic E-state index is 13.7. The fourth-order valence-corrected chi connectivity index (χ4v) is 3.90. The van der Waals surface area contributed by atoms with Crippen LogP contribution in [0.4, 0.5) is 20.4 Å². The van der Waals surface area contributed by atoms with E-state index in [-0.39, 0.29) is 17.5 Å². The van der Waals surface area contributed by atoms with E-state index in [9.17, 15) is 18.4 Å². The molecule has 33 heavy (non-hydrogen) atoms. The van der Waals surface area contributed by atoms with Crippen molar-refractivity contribution in [2.45, 2.75) is 19.4 Å². The van der Waals surface area contributed by atoms with Crippen LogP contribution in [-0.4, -0.2) is 39.4 Å². The predicted octanol–water partition coefficient (Wildman–Crippen LogP) is 3.80. The van der Waals surface area contributed by atoms with Gasteiger partial charge in [0.25, 0.3) is 0 Å². The standard InChI is InChI=1S/C24H24F2N2O5/c1-14(27-18-11-16(25)10-17(26)12-18)19-7-15(9-23(30)31-2)8-20-21(29)13-22(33-24(19)20)28-3-5-32-6-4-28/h7-8,10-14,27H,3-6,9H2,1-2H3. The van der Waals surface area contributed by atoms with Gasteiger partial charge in [0, 0.05) is 36.5 Å². The average molecular weight is 458 g/mol. The van der Waals surface area contributed by atoms with Gasteiger partial charge in [-0.05, 0) is 36.8 Å². The summed E-state index contributed by atoms with van der Waals surface area (Å²) < 4.78 is 43.7. The van der Waals surface area contributed by atoms with Crippen molar-refractivity contribution in [3.63, 3.8) is 0 Å². The summed E-state index contributed by atoms with van der Waals surface area (Å²) in [6, 6.07) is 7.41. The minimum atomic E-state index is -0.713. The molecule has 9 heteroatoms. The molecule has 0 radical (unpaired) electrons. The molecule has 4 rings (SSSR count). The van der Waals surface area contributed by atoms with E-state index in [4.69, 9.17) is 13.9 Å². The molecule has 7 nitrogen and oxygen atoms in total. The van der Waals surface area contributed by atoms with E-state index in [1.165, 1.54) is 25.3 Å². The highest BCUT2D eigenvalue weighted by Crippen LogP contribution is 2.31. The normalized spacial score (nSPS) is 14.8. The number of fused-ring (bicyclic) bond motifs is 1. The zero-order chi connectivity index (χ0) is 23.5. The van der Waals surface area contributed by atoms with Crippen molar-refractivity contribution in [3.05, 3.63) is 69.4 Å². The lowest BCUT2D eigenvalue weighted by Crippen LogP contribution is -2.36. The fraction of sp³-hybridized carbons (Fsp3) is 0.333. The number of carbonyl (C=O) groups excluding carboxylic acids is 1. The third-order valence-electron chi connectivity index (χ3n) is 5.52. The molecule has 1 atom stereocenters. The number of ether oxygens (including phenoxy) is 2. The van der Waals surface area contributed by atoms with E-state index in [0.29, 0.717) is 54.3 Å². The Morgan fingerprint density at radius 2 is 1.82 bits per heavy atom. The number of nitrogens with one attached hydrogen (secondary N) is 1. The Hall–Kier alpha value is -3.46. The molecule has 1 aliphatic heterocycles. The van der Waals surface area contributed by atoms with Gasteiger partial charge in [0.05, 0.1) is 38.2 Å². The summed E-state index contributed by atoms with van der Waals surface area (Å²) in [6.45, 7) is 3.99. The topological polar surface area (TPSA) is 81.0 Å². The van der Waals surface area contributed by atoms with Gasteiger partial charge in [-0.1, -0.05) is 0 Å². The van der Waals surface area contributed by atoms with Crippen molar-refractivity contribution < 1.29 is 27.5 Å². The Bertz CT molecular complexity index is 1220. The Kier molecular flexibility index (Phi) is 6.60. The number of halogens is 2. The number of methoxy groups -OCH3 is 1. The second kappa shape index (κ2) is 9.58. The van der Waals surface area contributed by atoms with Gasteiger partial charge in [0.15, 0.2) is 11.3 Å². The van der Waals surface area contributed by atoms with Crippen molar-refractivity contribution >= 4 is 28.5 Å². The molecule has 1 unspecified atom stereocenters. The van der Waals surface area contributed by atoms with Crippen LogP contribution in [0, 0.1) is 11.6 Å². The van der Waals surface area contributed by atoms with Crippen LogP contribution in [0.25, 0.3) is 11.0 Å². The maximum atomic E-state index is 13.7. The van der Waals surface area contributed by atoms with E-state index < -0.39 is 23.6 Å². The molecule has 0 amide bonds. The largest absolute Gasteiger partial charge is 0.469 e. The SMILES string of the molecule is COC(=O)Cc1cc(C(C)Nc2cc(F)cc(F)c2)c2oc(N3CCOCC3)cc(=O)c2c1. The number of rotatable bonds is 6. The Morgan fingerprint density at radius 3 is 2.48 bits per heavy atom. The van der Waals surface area contributed by atoms with Crippen LogP contribution in [-0.2, 0) is 20.7 Å². The summed E-state index contributed by atoms with van der Waals surface area (Å²) in [5, 5.41) is 3.36. The molecule has 174 valence electrons. The molecule has 0 spiro atoms. The predicted molar refractivity (Wildman–Crippen MR) is 120 cm³/mol. The average Bonchev–Trinajstić information content (AvgIpc) is 2.78. The molecular weight excluding hydrogens is 434 g/mol. The van der Waals surface area contributed by atoms with Crippen LogP contribution < -0.4 is 15.6 Å². The second-order valence-electron chi connectivity index (χ2n) is 7.89. The number of anilines is 2. The molecule has 3 aromatic rings. The van der Waals surface area contributed by atoms with E-state index >= 15 is 0 Å².